The Balaban J connectivity index is 1.99. The number of aromatic nitrogens is 1. The summed E-state index contributed by atoms with van der Waals surface area (Å²) in [7, 11) is 0. The highest BCUT2D eigenvalue weighted by molar-refractivity contribution is 6.00. The van der Waals surface area contributed by atoms with E-state index >= 15 is 0 Å². The Morgan fingerprint density at radius 2 is 1.96 bits per heavy atom. The molecule has 1 unspecified atom stereocenters. The predicted molar refractivity (Wildman–Crippen MR) is 106 cm³/mol. The fraction of sp³-hybridized carbons (Fsp3) is 0.476. The van der Waals surface area contributed by atoms with Crippen molar-refractivity contribution in [2.45, 2.75) is 53.6 Å². The minimum atomic E-state index is -0.927. The molecule has 0 amide bonds. The van der Waals surface area contributed by atoms with Crippen molar-refractivity contribution in [1.82, 2.24) is 4.98 Å². The van der Waals surface area contributed by atoms with Crippen LogP contribution in [-0.4, -0.2) is 28.4 Å². The second kappa shape index (κ2) is 9.92. The van der Waals surface area contributed by atoms with Gasteiger partial charge in [0.25, 0.3) is 0 Å². The van der Waals surface area contributed by atoms with Crippen molar-refractivity contribution >= 4 is 11.7 Å². The highest BCUT2D eigenvalue weighted by Crippen LogP contribution is 2.21. The molecule has 0 saturated carbocycles. The van der Waals surface area contributed by atoms with Crippen LogP contribution in [0.2, 0.25) is 0 Å². The van der Waals surface area contributed by atoms with Gasteiger partial charge >= 0.3 is 5.97 Å². The van der Waals surface area contributed by atoms with E-state index in [0.717, 1.165) is 17.0 Å². The first-order valence-electron chi connectivity index (χ1n) is 9.39. The Bertz CT molecular complexity index is 809. The van der Waals surface area contributed by atoms with Gasteiger partial charge in [-0.25, -0.2) is 4.98 Å². The maximum Gasteiger partial charge on any atom is 0.312 e. The molecular weight excluding hydrogens is 360 g/mol. The first-order valence-corrected chi connectivity index (χ1v) is 9.39. The highest BCUT2D eigenvalue weighted by Gasteiger charge is 2.22. The number of hydrogen-bond acceptors (Lipinski definition) is 6. The Morgan fingerprint density at radius 1 is 1.29 bits per heavy atom. The van der Waals surface area contributed by atoms with E-state index in [0.29, 0.717) is 37.0 Å². The summed E-state index contributed by atoms with van der Waals surface area (Å²) in [6.07, 6.45) is 0.332. The molecular formula is C21H28N2O5. The minimum Gasteiger partial charge on any atom is -0.487 e. The van der Waals surface area contributed by atoms with Crippen LogP contribution in [0.4, 0.5) is 0 Å². The fourth-order valence-corrected chi connectivity index (χ4v) is 2.58. The molecule has 7 heteroatoms. The van der Waals surface area contributed by atoms with Crippen molar-refractivity contribution in [1.29, 1.82) is 0 Å². The molecule has 2 rings (SSSR count). The Morgan fingerprint density at radius 3 is 2.50 bits per heavy atom. The van der Waals surface area contributed by atoms with Gasteiger partial charge in [-0.05, 0) is 44.9 Å². The van der Waals surface area contributed by atoms with Crippen molar-refractivity contribution < 1.29 is 23.9 Å². The number of benzene rings is 1. The summed E-state index contributed by atoms with van der Waals surface area (Å²) in [5.41, 5.74) is 2.10. The molecule has 1 aromatic heterocycles. The van der Waals surface area contributed by atoms with Crippen molar-refractivity contribution in [2.24, 2.45) is 11.1 Å². The van der Waals surface area contributed by atoms with Gasteiger partial charge in [-0.2, -0.15) is 0 Å². The lowest BCUT2D eigenvalue weighted by atomic mass is 9.95. The Labute approximate surface area is 165 Å². The standard InChI is InChI=1S/C21H28N2O5/c1-6-27-23-14(4)18(21(24)25)11-16-7-9-17(10-8-16)26-12-19-15(5)28-20(22-19)13(2)3/h7-10,13,18H,6,11-12H2,1-5H3,(H,24,25)/b23-14+. The third-order valence-corrected chi connectivity index (χ3v) is 4.28. The topological polar surface area (TPSA) is 94.2 Å². The zero-order valence-electron chi connectivity index (χ0n) is 17.1. The smallest absolute Gasteiger partial charge is 0.312 e. The lowest BCUT2D eigenvalue weighted by Gasteiger charge is -2.12. The van der Waals surface area contributed by atoms with Crippen molar-refractivity contribution in [2.75, 3.05) is 6.61 Å². The molecule has 0 aliphatic rings. The van der Waals surface area contributed by atoms with E-state index in [-0.39, 0.29) is 5.92 Å². The molecule has 2 aromatic rings. The van der Waals surface area contributed by atoms with Crippen LogP contribution < -0.4 is 4.74 Å². The molecule has 1 N–H and O–H groups in total. The summed E-state index contributed by atoms with van der Waals surface area (Å²) < 4.78 is 11.4. The van der Waals surface area contributed by atoms with E-state index in [1.54, 1.807) is 13.8 Å². The Hall–Kier alpha value is -2.83. The number of oxime groups is 1. The largest absolute Gasteiger partial charge is 0.487 e. The lowest BCUT2D eigenvalue weighted by Crippen LogP contribution is -2.24. The first-order chi connectivity index (χ1) is 13.3. The van der Waals surface area contributed by atoms with Crippen LogP contribution in [-0.2, 0) is 22.7 Å². The van der Waals surface area contributed by atoms with E-state index < -0.39 is 11.9 Å². The number of hydrogen-bond donors (Lipinski definition) is 1. The van der Waals surface area contributed by atoms with E-state index in [1.165, 1.54) is 0 Å². The maximum absolute atomic E-state index is 11.5. The molecule has 28 heavy (non-hydrogen) atoms. The summed E-state index contributed by atoms with van der Waals surface area (Å²) in [6, 6.07) is 7.35. The molecule has 0 radical (unpaired) electrons. The van der Waals surface area contributed by atoms with Gasteiger partial charge in [-0.15, -0.1) is 0 Å². The van der Waals surface area contributed by atoms with Crippen molar-refractivity contribution in [3.05, 3.63) is 47.2 Å². The summed E-state index contributed by atoms with van der Waals surface area (Å²) in [5, 5.41) is 13.3. The van der Waals surface area contributed by atoms with Crippen LogP contribution in [0, 0.1) is 12.8 Å². The number of carboxylic acid groups (broad SMARTS) is 1. The van der Waals surface area contributed by atoms with Gasteiger partial charge in [-0.3, -0.25) is 4.79 Å². The summed E-state index contributed by atoms with van der Waals surface area (Å²) >= 11 is 0. The normalized spacial score (nSPS) is 12.9. The van der Waals surface area contributed by atoms with Gasteiger partial charge < -0.3 is 19.1 Å². The second-order valence-corrected chi connectivity index (χ2v) is 6.89. The minimum absolute atomic E-state index is 0.226. The van der Waals surface area contributed by atoms with Crippen LogP contribution in [0.3, 0.4) is 0 Å². The number of aryl methyl sites for hydroxylation is 1. The Kier molecular flexibility index (Phi) is 7.61. The van der Waals surface area contributed by atoms with Gasteiger partial charge in [0.2, 0.25) is 0 Å². The molecule has 0 spiro atoms. The molecule has 0 bridgehead atoms. The van der Waals surface area contributed by atoms with Crippen LogP contribution in [0.15, 0.2) is 33.8 Å². The third kappa shape index (κ3) is 5.84. The average Bonchev–Trinajstić information content (AvgIpc) is 3.04. The quantitative estimate of drug-likeness (QED) is 0.481. The number of carbonyl (C=O) groups is 1. The SMILES string of the molecule is CCO/N=C(\C)C(Cc1ccc(OCc2nc(C(C)C)oc2C)cc1)C(=O)O. The zero-order valence-corrected chi connectivity index (χ0v) is 17.1. The second-order valence-electron chi connectivity index (χ2n) is 6.89. The molecule has 152 valence electrons. The van der Waals surface area contributed by atoms with Gasteiger partial charge in [0.15, 0.2) is 5.89 Å². The van der Waals surface area contributed by atoms with Crippen LogP contribution >= 0.6 is 0 Å². The number of rotatable bonds is 10. The predicted octanol–water partition coefficient (Wildman–Crippen LogP) is 4.34. The van der Waals surface area contributed by atoms with Gasteiger partial charge in [0.05, 0.1) is 5.71 Å². The van der Waals surface area contributed by atoms with Crippen LogP contribution in [0.5, 0.6) is 5.75 Å². The van der Waals surface area contributed by atoms with Crippen molar-refractivity contribution in [3.8, 4) is 5.75 Å². The number of carboxylic acids is 1. The van der Waals surface area contributed by atoms with E-state index in [9.17, 15) is 9.90 Å². The number of nitrogens with zero attached hydrogens (tertiary/aromatic N) is 2. The van der Waals surface area contributed by atoms with Crippen LogP contribution in [0.1, 0.15) is 56.5 Å². The molecule has 0 fully saturated rings. The number of ether oxygens (including phenoxy) is 1. The average molecular weight is 388 g/mol. The fourth-order valence-electron chi connectivity index (χ4n) is 2.58. The maximum atomic E-state index is 11.5. The van der Waals surface area contributed by atoms with E-state index in [1.807, 2.05) is 45.0 Å². The third-order valence-electron chi connectivity index (χ3n) is 4.28. The summed E-state index contributed by atoms with van der Waals surface area (Å²) in [4.78, 5) is 21.0. The lowest BCUT2D eigenvalue weighted by molar-refractivity contribution is -0.139. The molecule has 1 atom stereocenters. The first kappa shape index (κ1) is 21.5. The van der Waals surface area contributed by atoms with Gasteiger partial charge in [-0.1, -0.05) is 31.1 Å². The van der Waals surface area contributed by atoms with Gasteiger partial charge in [0, 0.05) is 5.92 Å². The van der Waals surface area contributed by atoms with E-state index in [2.05, 4.69) is 10.1 Å². The molecule has 0 aliphatic carbocycles. The van der Waals surface area contributed by atoms with Crippen molar-refractivity contribution in [3.63, 3.8) is 0 Å². The molecule has 1 heterocycles. The number of oxazole rings is 1. The molecule has 1 aromatic carbocycles. The molecule has 0 saturated heterocycles. The van der Waals surface area contributed by atoms with Gasteiger partial charge in [0.1, 0.15) is 36.3 Å². The highest BCUT2D eigenvalue weighted by atomic mass is 16.6. The number of aliphatic carboxylic acids is 1. The monoisotopic (exact) mass is 388 g/mol. The zero-order chi connectivity index (χ0) is 20.7. The van der Waals surface area contributed by atoms with E-state index in [4.69, 9.17) is 14.0 Å². The molecule has 0 aliphatic heterocycles. The van der Waals surface area contributed by atoms with Crippen LogP contribution in [0.25, 0.3) is 0 Å². The molecule has 7 nitrogen and oxygen atoms in total. The summed E-state index contributed by atoms with van der Waals surface area (Å²) in [5.74, 6) is 0.714. The summed E-state index contributed by atoms with van der Waals surface area (Å²) in [6.45, 7) is 10.1.